The zero-order valence-corrected chi connectivity index (χ0v) is 18.3. The highest BCUT2D eigenvalue weighted by molar-refractivity contribution is 6.36. The van der Waals surface area contributed by atoms with E-state index in [2.05, 4.69) is 6.07 Å². The quantitative estimate of drug-likeness (QED) is 0.536. The minimum Gasteiger partial charge on any atom is -0.497 e. The molecule has 2 heterocycles. The lowest BCUT2D eigenvalue weighted by atomic mass is 10.0. The summed E-state index contributed by atoms with van der Waals surface area (Å²) in [7, 11) is 1.60. The molecular weight excluding hydrogens is 424 g/mol. The van der Waals surface area contributed by atoms with E-state index in [0.717, 1.165) is 17.7 Å². The number of para-hydroxylation sites is 1. The maximum Gasteiger partial charge on any atom is 0.278 e. The van der Waals surface area contributed by atoms with Gasteiger partial charge in [0.2, 0.25) is 0 Å². The molecule has 0 N–H and O–H groups in total. The zero-order valence-electron chi connectivity index (χ0n) is 17.5. The van der Waals surface area contributed by atoms with E-state index in [-0.39, 0.29) is 18.4 Å². The molecule has 5 nitrogen and oxygen atoms in total. The van der Waals surface area contributed by atoms with Crippen LogP contribution in [0.25, 0.3) is 5.57 Å². The van der Waals surface area contributed by atoms with Crippen molar-refractivity contribution in [1.29, 1.82) is 0 Å². The lowest BCUT2D eigenvalue weighted by molar-refractivity contribution is -0.137. The molecule has 2 aliphatic heterocycles. The van der Waals surface area contributed by atoms with Crippen LogP contribution in [0.3, 0.4) is 0 Å². The summed E-state index contributed by atoms with van der Waals surface area (Å²) >= 11 is 6.00. The van der Waals surface area contributed by atoms with E-state index in [1.807, 2.05) is 47.4 Å². The van der Waals surface area contributed by atoms with Crippen molar-refractivity contribution in [2.75, 3.05) is 18.6 Å². The number of anilines is 1. The van der Waals surface area contributed by atoms with Crippen molar-refractivity contribution >= 4 is 34.7 Å². The molecule has 0 radical (unpaired) electrons. The van der Waals surface area contributed by atoms with Gasteiger partial charge in [0.05, 0.1) is 19.2 Å². The summed E-state index contributed by atoms with van der Waals surface area (Å²) in [6.07, 6.45) is 0.828. The fourth-order valence-corrected chi connectivity index (χ4v) is 4.44. The van der Waals surface area contributed by atoms with Gasteiger partial charge < -0.3 is 9.64 Å². The first-order valence-electron chi connectivity index (χ1n) is 10.4. The number of hydrogen-bond acceptors (Lipinski definition) is 4. The van der Waals surface area contributed by atoms with Gasteiger partial charge in [0, 0.05) is 17.3 Å². The van der Waals surface area contributed by atoms with Gasteiger partial charge in [-0.1, -0.05) is 54.1 Å². The van der Waals surface area contributed by atoms with Crippen LogP contribution in [-0.2, 0) is 22.6 Å². The van der Waals surface area contributed by atoms with Crippen LogP contribution in [0.2, 0.25) is 5.02 Å². The predicted octanol–water partition coefficient (Wildman–Crippen LogP) is 4.69. The second kappa shape index (κ2) is 8.17. The number of benzene rings is 3. The number of rotatable bonds is 5. The maximum absolute atomic E-state index is 13.6. The SMILES string of the molecule is COc1ccc(C2=C(N3CCc4ccccc43)C(=O)N(Cc3ccc(Cl)cc3)C2=O)cc1. The van der Waals surface area contributed by atoms with Crippen LogP contribution in [0.5, 0.6) is 5.75 Å². The van der Waals surface area contributed by atoms with Crippen LogP contribution in [0.4, 0.5) is 5.69 Å². The fourth-order valence-electron chi connectivity index (χ4n) is 4.32. The molecule has 0 bridgehead atoms. The van der Waals surface area contributed by atoms with Crippen molar-refractivity contribution in [3.8, 4) is 5.75 Å². The topological polar surface area (TPSA) is 49.9 Å². The zero-order chi connectivity index (χ0) is 22.2. The normalized spacial score (nSPS) is 15.6. The summed E-state index contributed by atoms with van der Waals surface area (Å²) in [6.45, 7) is 0.843. The number of nitrogens with zero attached hydrogens (tertiary/aromatic N) is 2. The molecular formula is C26H21ClN2O3. The number of fused-ring (bicyclic) bond motifs is 1. The number of amides is 2. The van der Waals surface area contributed by atoms with Crippen LogP contribution in [0.1, 0.15) is 16.7 Å². The number of imide groups is 1. The van der Waals surface area contributed by atoms with Crippen LogP contribution < -0.4 is 9.64 Å². The van der Waals surface area contributed by atoms with E-state index >= 15 is 0 Å². The standard InChI is InChI=1S/C26H21ClN2O3/c1-32-21-12-8-19(9-13-21)23-24(28-15-14-18-4-2-3-5-22(18)28)26(31)29(25(23)30)16-17-6-10-20(27)11-7-17/h2-13H,14-16H2,1H3. The van der Waals surface area contributed by atoms with E-state index in [4.69, 9.17) is 16.3 Å². The van der Waals surface area contributed by atoms with Crippen LogP contribution in [0.15, 0.2) is 78.5 Å². The van der Waals surface area contributed by atoms with Crippen LogP contribution in [-0.4, -0.2) is 30.4 Å². The van der Waals surface area contributed by atoms with Gasteiger partial charge in [-0.3, -0.25) is 14.5 Å². The van der Waals surface area contributed by atoms with Gasteiger partial charge in [0.1, 0.15) is 11.4 Å². The summed E-state index contributed by atoms with van der Waals surface area (Å²) in [4.78, 5) is 30.5. The summed E-state index contributed by atoms with van der Waals surface area (Å²) < 4.78 is 5.26. The third-order valence-corrected chi connectivity index (χ3v) is 6.19. The van der Waals surface area contributed by atoms with E-state index in [9.17, 15) is 9.59 Å². The Hall–Kier alpha value is -3.57. The molecule has 0 saturated carbocycles. The van der Waals surface area contributed by atoms with Crippen molar-refractivity contribution in [2.45, 2.75) is 13.0 Å². The van der Waals surface area contributed by atoms with E-state index in [0.29, 0.717) is 34.2 Å². The van der Waals surface area contributed by atoms with Gasteiger partial charge in [-0.15, -0.1) is 0 Å². The lowest BCUT2D eigenvalue weighted by Gasteiger charge is -2.22. The molecule has 0 unspecified atom stereocenters. The Morgan fingerprint density at radius 1 is 0.906 bits per heavy atom. The third-order valence-electron chi connectivity index (χ3n) is 5.93. The van der Waals surface area contributed by atoms with Crippen molar-refractivity contribution in [2.24, 2.45) is 0 Å². The molecule has 6 heteroatoms. The molecule has 0 fully saturated rings. The molecule has 2 aliphatic rings. The summed E-state index contributed by atoms with van der Waals surface area (Å²) in [6, 6.07) is 22.5. The number of carbonyl (C=O) groups is 2. The Kier molecular flexibility index (Phi) is 5.19. The minimum absolute atomic E-state index is 0.188. The van der Waals surface area contributed by atoms with E-state index < -0.39 is 0 Å². The summed E-state index contributed by atoms with van der Waals surface area (Å²) in [5.41, 5.74) is 4.53. The van der Waals surface area contributed by atoms with Crippen LogP contribution >= 0.6 is 11.6 Å². The smallest absolute Gasteiger partial charge is 0.278 e. The summed E-state index contributed by atoms with van der Waals surface area (Å²) in [5, 5.41) is 0.610. The molecule has 0 aromatic heterocycles. The van der Waals surface area contributed by atoms with Crippen LogP contribution in [0, 0.1) is 0 Å². The molecule has 32 heavy (non-hydrogen) atoms. The largest absolute Gasteiger partial charge is 0.497 e. The van der Waals surface area contributed by atoms with Gasteiger partial charge in [0.15, 0.2) is 0 Å². The van der Waals surface area contributed by atoms with Gasteiger partial charge >= 0.3 is 0 Å². The second-order valence-corrected chi connectivity index (χ2v) is 8.24. The molecule has 0 aliphatic carbocycles. The first-order valence-corrected chi connectivity index (χ1v) is 10.8. The highest BCUT2D eigenvalue weighted by atomic mass is 35.5. The Labute approximate surface area is 191 Å². The Morgan fingerprint density at radius 3 is 2.34 bits per heavy atom. The van der Waals surface area contributed by atoms with E-state index in [1.165, 1.54) is 10.5 Å². The fraction of sp³-hybridized carbons (Fsp3) is 0.154. The molecule has 5 rings (SSSR count). The monoisotopic (exact) mass is 444 g/mol. The molecule has 3 aromatic rings. The van der Waals surface area contributed by atoms with Gasteiger partial charge in [-0.05, 0) is 53.4 Å². The second-order valence-electron chi connectivity index (χ2n) is 7.81. The minimum atomic E-state index is -0.297. The van der Waals surface area contributed by atoms with E-state index in [1.54, 1.807) is 31.4 Å². The first-order chi connectivity index (χ1) is 15.6. The first kappa shape index (κ1) is 20.3. The number of ether oxygens (including phenoxy) is 1. The third kappa shape index (κ3) is 3.45. The Bertz CT molecular complexity index is 1230. The summed E-state index contributed by atoms with van der Waals surface area (Å²) in [5.74, 6) is 0.110. The highest BCUT2D eigenvalue weighted by Crippen LogP contribution is 2.39. The maximum atomic E-state index is 13.6. The molecule has 2 amide bonds. The number of carbonyl (C=O) groups excluding carboxylic acids is 2. The molecule has 0 spiro atoms. The van der Waals surface area contributed by atoms with Gasteiger partial charge in [-0.2, -0.15) is 0 Å². The number of halogens is 1. The Balaban J connectivity index is 1.59. The van der Waals surface area contributed by atoms with Crippen molar-refractivity contribution in [1.82, 2.24) is 4.90 Å². The number of hydrogen-bond donors (Lipinski definition) is 0. The predicted molar refractivity (Wildman–Crippen MR) is 124 cm³/mol. The molecule has 3 aromatic carbocycles. The van der Waals surface area contributed by atoms with Crippen molar-refractivity contribution in [3.05, 3.63) is 100 Å². The average molecular weight is 445 g/mol. The lowest BCUT2D eigenvalue weighted by Crippen LogP contribution is -2.34. The van der Waals surface area contributed by atoms with Gasteiger partial charge in [-0.25, -0.2) is 0 Å². The number of methoxy groups -OCH3 is 1. The molecule has 0 saturated heterocycles. The van der Waals surface area contributed by atoms with Gasteiger partial charge in [0.25, 0.3) is 11.8 Å². The molecule has 0 atom stereocenters. The Morgan fingerprint density at radius 2 is 1.62 bits per heavy atom. The highest BCUT2D eigenvalue weighted by Gasteiger charge is 2.43. The molecule has 160 valence electrons. The van der Waals surface area contributed by atoms with Crippen molar-refractivity contribution < 1.29 is 14.3 Å². The average Bonchev–Trinajstić information content (AvgIpc) is 3.34. The van der Waals surface area contributed by atoms with Crippen molar-refractivity contribution in [3.63, 3.8) is 0 Å².